The Balaban J connectivity index is 1.10. The molecular weight excluding hydrogens is 685 g/mol. The van der Waals surface area contributed by atoms with Crippen molar-refractivity contribution >= 4 is 67.0 Å². The fourth-order valence-corrected chi connectivity index (χ4v) is 5.87. The predicted molar refractivity (Wildman–Crippen MR) is 183 cm³/mol. The quantitative estimate of drug-likeness (QED) is 0.0606. The molecule has 0 saturated heterocycles. The molecule has 0 amide bonds. The highest BCUT2D eigenvalue weighted by molar-refractivity contribution is 7.86. The molecule has 2 heterocycles. The zero-order chi connectivity index (χ0) is 35.1. The standard InChI is InChI=1S/C32H26N10O6S2/c43-49(44,45)29-7-3-1-5-27(29)39-41-21-33-19-35-31(41)37-25-15-11-23(12-16-25)9-10-24-13-17-26(18-14-24)38-32-36-20-34-22-42(32)40-28-6-2-4-8-30(28)50(46,47)48/h1-22,39-40H,(H2,43,44,45,46,47,48)/p+2/b10-9+. The van der Waals surface area contributed by atoms with Gasteiger partial charge < -0.3 is 0 Å². The third-order valence-corrected chi connectivity index (χ3v) is 8.75. The smallest absolute Gasteiger partial charge is 0.282 e. The number of nitrogens with zero attached hydrogens (tertiary/aromatic N) is 6. The van der Waals surface area contributed by atoms with E-state index in [0.717, 1.165) is 11.1 Å². The van der Waals surface area contributed by atoms with Crippen LogP contribution < -0.4 is 30.8 Å². The highest BCUT2D eigenvalue weighted by Crippen LogP contribution is 2.22. The van der Waals surface area contributed by atoms with Gasteiger partial charge in [-0.25, -0.2) is 0 Å². The largest absolute Gasteiger partial charge is 0.376 e. The minimum Gasteiger partial charge on any atom is -0.282 e. The van der Waals surface area contributed by atoms with Crippen LogP contribution in [0.1, 0.15) is 11.1 Å². The normalized spacial score (nSPS) is 11.6. The van der Waals surface area contributed by atoms with E-state index in [1.54, 1.807) is 12.1 Å². The Morgan fingerprint density at radius 2 is 0.920 bits per heavy atom. The molecule has 0 unspecified atom stereocenters. The molecule has 4 aromatic carbocycles. The monoisotopic (exact) mass is 712 g/mol. The van der Waals surface area contributed by atoms with Crippen molar-refractivity contribution in [1.82, 2.24) is 19.9 Å². The number of anilines is 6. The van der Waals surface area contributed by atoms with Crippen molar-refractivity contribution in [3.05, 3.63) is 133 Å². The number of nitrogens with one attached hydrogen (secondary N) is 4. The van der Waals surface area contributed by atoms with E-state index in [1.807, 2.05) is 60.7 Å². The Morgan fingerprint density at radius 3 is 1.30 bits per heavy atom. The summed E-state index contributed by atoms with van der Waals surface area (Å²) in [5.41, 5.74) is 9.30. The summed E-state index contributed by atoms with van der Waals surface area (Å²) < 4.78 is 69.1. The van der Waals surface area contributed by atoms with Gasteiger partial charge in [-0.15, -0.1) is 19.3 Å². The first-order valence-electron chi connectivity index (χ1n) is 14.6. The van der Waals surface area contributed by atoms with Gasteiger partial charge in [0.15, 0.2) is 0 Å². The number of hydrogen-bond donors (Lipinski definition) is 6. The van der Waals surface area contributed by atoms with Gasteiger partial charge in [0.2, 0.25) is 25.3 Å². The molecule has 0 spiro atoms. The molecule has 2 aromatic heterocycles. The van der Waals surface area contributed by atoms with E-state index in [9.17, 15) is 25.9 Å². The van der Waals surface area contributed by atoms with Gasteiger partial charge in [0, 0.05) is 0 Å². The third kappa shape index (κ3) is 8.38. The number of aromatic nitrogens is 6. The first-order chi connectivity index (χ1) is 24.0. The van der Waals surface area contributed by atoms with Crippen LogP contribution in [0.4, 0.5) is 34.6 Å². The highest BCUT2D eigenvalue weighted by atomic mass is 32.2. The number of para-hydroxylation sites is 2. The second-order valence-electron chi connectivity index (χ2n) is 10.4. The van der Waals surface area contributed by atoms with E-state index in [2.05, 4.69) is 41.4 Å². The molecule has 6 rings (SSSR count). The molecular formula is C32H28N10O6S2+2. The highest BCUT2D eigenvalue weighted by Gasteiger charge is 2.19. The fourth-order valence-electron chi connectivity index (χ4n) is 4.58. The summed E-state index contributed by atoms with van der Waals surface area (Å²) in [6.45, 7) is 0. The lowest BCUT2D eigenvalue weighted by Crippen LogP contribution is -2.45. The van der Waals surface area contributed by atoms with Gasteiger partial charge in [-0.2, -0.15) is 16.8 Å². The maximum absolute atomic E-state index is 11.8. The molecule has 6 aromatic rings. The lowest BCUT2D eigenvalue weighted by molar-refractivity contribution is -0.634. The summed E-state index contributed by atoms with van der Waals surface area (Å²) in [4.78, 5) is 15.9. The number of hydrogen-bond acceptors (Lipinski definition) is 12. The minimum atomic E-state index is -4.46. The molecule has 0 radical (unpaired) electrons. The molecule has 6 N–H and O–H groups in total. The van der Waals surface area contributed by atoms with Crippen molar-refractivity contribution < 1.29 is 35.3 Å². The van der Waals surface area contributed by atoms with Crippen LogP contribution >= 0.6 is 0 Å². The van der Waals surface area contributed by atoms with Crippen molar-refractivity contribution in [1.29, 1.82) is 0 Å². The summed E-state index contributed by atoms with van der Waals surface area (Å²) in [6.07, 6.45) is 9.37. The number of rotatable bonds is 12. The lowest BCUT2D eigenvalue weighted by atomic mass is 10.1. The third-order valence-electron chi connectivity index (χ3n) is 6.93. The predicted octanol–water partition coefficient (Wildman–Crippen LogP) is 3.74. The Hall–Kier alpha value is -6.34. The lowest BCUT2D eigenvalue weighted by Gasteiger charge is -2.11. The van der Waals surface area contributed by atoms with Crippen LogP contribution in [0.25, 0.3) is 12.2 Å². The zero-order valence-electron chi connectivity index (χ0n) is 25.7. The van der Waals surface area contributed by atoms with Crippen molar-refractivity contribution in [2.75, 3.05) is 21.5 Å². The van der Waals surface area contributed by atoms with Crippen molar-refractivity contribution in [2.45, 2.75) is 9.79 Å². The Kier molecular flexibility index (Phi) is 9.68. The zero-order valence-corrected chi connectivity index (χ0v) is 27.4. The van der Waals surface area contributed by atoms with Crippen LogP contribution in [0.15, 0.2) is 132 Å². The Morgan fingerprint density at radius 1 is 0.540 bits per heavy atom. The van der Waals surface area contributed by atoms with Crippen LogP contribution in [-0.2, 0) is 20.2 Å². The van der Waals surface area contributed by atoms with Crippen molar-refractivity contribution in [3.63, 3.8) is 0 Å². The minimum absolute atomic E-state index is 0.136. The molecule has 16 nitrogen and oxygen atoms in total. The van der Waals surface area contributed by atoms with E-state index in [4.69, 9.17) is 0 Å². The molecule has 18 heteroatoms. The van der Waals surface area contributed by atoms with Crippen LogP contribution in [-0.4, -0.2) is 45.9 Å². The van der Waals surface area contributed by atoms with Gasteiger partial charge in [-0.1, -0.05) is 70.7 Å². The van der Waals surface area contributed by atoms with Crippen LogP contribution in [0.2, 0.25) is 0 Å². The summed E-state index contributed by atoms with van der Waals surface area (Å²) >= 11 is 0. The van der Waals surface area contributed by atoms with Gasteiger partial charge in [-0.3, -0.25) is 30.6 Å². The fraction of sp³-hybridized carbons (Fsp3) is 0. The summed E-state index contributed by atoms with van der Waals surface area (Å²) in [5.74, 6) is 0.627. The molecule has 0 aliphatic rings. The Labute approximate surface area is 286 Å². The van der Waals surface area contributed by atoms with Gasteiger partial charge in [0.1, 0.15) is 9.79 Å². The topological polar surface area (TPSA) is 216 Å². The van der Waals surface area contributed by atoms with Crippen molar-refractivity contribution in [3.8, 4) is 0 Å². The van der Waals surface area contributed by atoms with Crippen LogP contribution in [0.3, 0.4) is 0 Å². The summed E-state index contributed by atoms with van der Waals surface area (Å²) in [6, 6.07) is 26.8. The molecule has 0 fully saturated rings. The average molecular weight is 713 g/mol. The molecule has 252 valence electrons. The van der Waals surface area contributed by atoms with Gasteiger partial charge >= 0.3 is 11.9 Å². The molecule has 0 aliphatic carbocycles. The van der Waals surface area contributed by atoms with Crippen LogP contribution in [0, 0.1) is 0 Å². The second kappa shape index (κ2) is 14.4. The van der Waals surface area contributed by atoms with E-state index in [1.165, 1.54) is 71.1 Å². The summed E-state index contributed by atoms with van der Waals surface area (Å²) in [5, 5.41) is 6.32. The molecule has 0 bridgehead atoms. The molecule has 0 atom stereocenters. The van der Waals surface area contributed by atoms with Crippen molar-refractivity contribution in [2.24, 2.45) is 0 Å². The first-order valence-corrected chi connectivity index (χ1v) is 17.4. The van der Waals surface area contributed by atoms with E-state index in [-0.39, 0.29) is 21.2 Å². The summed E-state index contributed by atoms with van der Waals surface area (Å²) in [7, 11) is -8.93. The first kappa shape index (κ1) is 33.6. The molecule has 50 heavy (non-hydrogen) atoms. The number of benzene rings is 4. The van der Waals surface area contributed by atoms with Gasteiger partial charge in [-0.05, 0) is 59.7 Å². The van der Waals surface area contributed by atoms with Gasteiger partial charge in [0.05, 0.1) is 22.7 Å². The average Bonchev–Trinajstić information content (AvgIpc) is 3.10. The molecule has 0 aliphatic heterocycles. The maximum atomic E-state index is 11.8. The van der Waals surface area contributed by atoms with E-state index >= 15 is 0 Å². The maximum Gasteiger partial charge on any atom is 0.376 e. The second-order valence-corrected chi connectivity index (χ2v) is 13.2. The molecule has 0 saturated carbocycles. The Bertz CT molecular complexity index is 2230. The SMILES string of the molecule is O=S(=O)(O)c1ccccc1N[n+]1cncnc1Nc1ccc(/C=C/c2ccc(Nc3ncnc[n+]3Nc3ccccc3S(=O)(=O)O)cc2)cc1. The van der Waals surface area contributed by atoms with E-state index in [0.29, 0.717) is 23.3 Å². The van der Waals surface area contributed by atoms with Gasteiger partial charge in [0.25, 0.3) is 20.2 Å². The van der Waals surface area contributed by atoms with E-state index < -0.39 is 20.2 Å². The van der Waals surface area contributed by atoms with Crippen LogP contribution in [0.5, 0.6) is 0 Å².